The number of carbonyl (C=O) groups excluding carboxylic acids is 1. The summed E-state index contributed by atoms with van der Waals surface area (Å²) in [7, 11) is 1.66. The van der Waals surface area contributed by atoms with Crippen LogP contribution >= 0.6 is 0 Å². The first-order valence-corrected chi connectivity index (χ1v) is 13.2. The second-order valence-electron chi connectivity index (χ2n) is 11.3. The summed E-state index contributed by atoms with van der Waals surface area (Å²) in [6, 6.07) is 18.9. The van der Waals surface area contributed by atoms with E-state index in [4.69, 9.17) is 14.0 Å². The normalized spacial score (nSPS) is 12.0. The van der Waals surface area contributed by atoms with E-state index in [-0.39, 0.29) is 12.4 Å². The number of nitrogens with one attached hydrogen (secondary N) is 1. The lowest BCUT2D eigenvalue weighted by Crippen LogP contribution is -2.49. The van der Waals surface area contributed by atoms with E-state index in [1.165, 1.54) is 11.6 Å². The summed E-state index contributed by atoms with van der Waals surface area (Å²) in [5.41, 5.74) is 4.40. The molecule has 0 unspecified atom stereocenters. The second kappa shape index (κ2) is 11.7. The maximum atomic E-state index is 15.0. The van der Waals surface area contributed by atoms with Crippen LogP contribution in [0.5, 0.6) is 0 Å². The number of hydrogen-bond acceptors (Lipinski definition) is 7. The molecule has 8 heteroatoms. The van der Waals surface area contributed by atoms with Gasteiger partial charge >= 0.3 is 5.97 Å². The van der Waals surface area contributed by atoms with Crippen LogP contribution in [-0.2, 0) is 27.4 Å². The van der Waals surface area contributed by atoms with Crippen LogP contribution in [-0.4, -0.2) is 34.4 Å². The molecule has 0 saturated heterocycles. The number of rotatable bonds is 9. The van der Waals surface area contributed by atoms with Gasteiger partial charge < -0.3 is 14.0 Å². The number of benzene rings is 3. The van der Waals surface area contributed by atoms with Crippen molar-refractivity contribution in [3.8, 4) is 34.0 Å². The molecule has 1 heterocycles. The molecule has 0 aliphatic heterocycles. The highest BCUT2D eigenvalue weighted by atomic mass is 19.1. The van der Waals surface area contributed by atoms with E-state index >= 15 is 4.39 Å². The number of esters is 1. The zero-order valence-electron chi connectivity index (χ0n) is 24.1. The lowest BCUT2D eigenvalue weighted by atomic mass is 9.94. The highest BCUT2D eigenvalue weighted by molar-refractivity contribution is 5.80. The van der Waals surface area contributed by atoms with E-state index in [2.05, 4.69) is 34.5 Å². The van der Waals surface area contributed by atoms with E-state index in [0.29, 0.717) is 23.6 Å². The predicted octanol–water partition coefficient (Wildman–Crippen LogP) is 6.87. The van der Waals surface area contributed by atoms with Crippen molar-refractivity contribution >= 4 is 5.97 Å². The highest BCUT2D eigenvalue weighted by Crippen LogP contribution is 2.32. The molecule has 0 bridgehead atoms. The number of halogens is 1. The lowest BCUT2D eigenvalue weighted by molar-refractivity contribution is -0.161. The number of nitrogens with zero attached hydrogens (tertiary/aromatic N) is 2. The Balaban J connectivity index is 1.52. The summed E-state index contributed by atoms with van der Waals surface area (Å²) in [4.78, 5) is 17.0. The average molecular weight is 546 g/mol. The largest absolute Gasteiger partial charge is 0.459 e. The minimum atomic E-state index is -0.989. The fourth-order valence-electron chi connectivity index (χ4n) is 4.22. The van der Waals surface area contributed by atoms with Gasteiger partial charge in [-0.2, -0.15) is 4.98 Å². The molecule has 1 aromatic heterocycles. The Morgan fingerprint density at radius 3 is 2.35 bits per heavy atom. The monoisotopic (exact) mass is 545 g/mol. The van der Waals surface area contributed by atoms with Crippen LogP contribution in [0.15, 0.2) is 65.2 Å². The maximum absolute atomic E-state index is 15.0. The molecule has 0 radical (unpaired) electrons. The second-order valence-corrected chi connectivity index (χ2v) is 11.3. The molecule has 0 aliphatic carbocycles. The van der Waals surface area contributed by atoms with E-state index < -0.39 is 22.9 Å². The number of aryl methyl sites for hydroxylation is 1. The molecule has 0 aliphatic rings. The van der Waals surface area contributed by atoms with E-state index in [9.17, 15) is 4.79 Å². The molecule has 210 valence electrons. The van der Waals surface area contributed by atoms with Gasteiger partial charge in [0.25, 0.3) is 5.89 Å². The number of hydrogen-bond donors (Lipinski definition) is 1. The van der Waals surface area contributed by atoms with Gasteiger partial charge in [-0.05, 0) is 82.0 Å². The lowest BCUT2D eigenvalue weighted by Gasteiger charge is -2.29. The molecular formula is C32H36FN3O4. The predicted molar refractivity (Wildman–Crippen MR) is 153 cm³/mol. The number of ether oxygens (including phenoxy) is 2. The van der Waals surface area contributed by atoms with Gasteiger partial charge in [0.1, 0.15) is 17.0 Å². The molecule has 1 N–H and O–H groups in total. The molecule has 40 heavy (non-hydrogen) atoms. The van der Waals surface area contributed by atoms with Gasteiger partial charge in [-0.3, -0.25) is 10.1 Å². The van der Waals surface area contributed by atoms with Crippen LogP contribution in [0.3, 0.4) is 0 Å². The van der Waals surface area contributed by atoms with Gasteiger partial charge in [0, 0.05) is 30.3 Å². The SMILES string of the molecule is COCc1cc(-c2nc(-c3ccc(CNC(C)(C)C(=O)OC(C)(C)C)c(F)c3)no2)ccc1-c1ccccc1C. The van der Waals surface area contributed by atoms with Gasteiger partial charge in [0.2, 0.25) is 5.82 Å². The summed E-state index contributed by atoms with van der Waals surface area (Å²) in [5.74, 6) is -0.244. The first kappa shape index (κ1) is 29.1. The minimum Gasteiger partial charge on any atom is -0.459 e. The summed E-state index contributed by atoms with van der Waals surface area (Å²) in [5, 5.41) is 7.17. The van der Waals surface area contributed by atoms with E-state index in [1.54, 1.807) is 33.1 Å². The number of carbonyl (C=O) groups is 1. The quantitative estimate of drug-likeness (QED) is 0.230. The average Bonchev–Trinajstić information content (AvgIpc) is 3.38. The van der Waals surface area contributed by atoms with Crippen molar-refractivity contribution in [1.29, 1.82) is 0 Å². The molecular weight excluding hydrogens is 509 g/mol. The molecule has 4 rings (SSSR count). The van der Waals surface area contributed by atoms with Crippen LogP contribution < -0.4 is 5.32 Å². The van der Waals surface area contributed by atoms with Crippen molar-refractivity contribution in [3.63, 3.8) is 0 Å². The third-order valence-electron chi connectivity index (χ3n) is 6.45. The fourth-order valence-corrected chi connectivity index (χ4v) is 4.22. The van der Waals surface area contributed by atoms with Crippen molar-refractivity contribution < 1.29 is 23.2 Å². The molecule has 0 fully saturated rings. The van der Waals surface area contributed by atoms with Gasteiger partial charge in [-0.1, -0.05) is 47.6 Å². The maximum Gasteiger partial charge on any atom is 0.326 e. The standard InChI is InChI=1S/C32H36FN3O4/c1-20-10-8-9-11-25(20)26-15-14-22(16-24(26)19-38-7)29-35-28(36-40-29)21-12-13-23(27(33)17-21)18-34-32(5,6)30(37)39-31(2,3)4/h8-17,34H,18-19H2,1-7H3. The third kappa shape index (κ3) is 6.81. The van der Waals surface area contributed by atoms with Crippen LogP contribution in [0.4, 0.5) is 4.39 Å². The Kier molecular flexibility index (Phi) is 8.51. The van der Waals surface area contributed by atoms with E-state index in [1.807, 2.05) is 51.1 Å². The third-order valence-corrected chi connectivity index (χ3v) is 6.45. The van der Waals surface area contributed by atoms with Gasteiger partial charge in [-0.15, -0.1) is 0 Å². The Hall–Kier alpha value is -3.88. The minimum absolute atomic E-state index is 0.144. The number of aromatic nitrogens is 2. The summed E-state index contributed by atoms with van der Waals surface area (Å²) in [6.45, 7) is 11.5. The van der Waals surface area contributed by atoms with Gasteiger partial charge in [0.05, 0.1) is 6.61 Å². The van der Waals surface area contributed by atoms with Crippen molar-refractivity contribution in [3.05, 3.63) is 83.2 Å². The van der Waals surface area contributed by atoms with Crippen LogP contribution in [0.2, 0.25) is 0 Å². The Morgan fingerprint density at radius 2 is 1.68 bits per heavy atom. The fraction of sp³-hybridized carbons (Fsp3) is 0.344. The van der Waals surface area contributed by atoms with Crippen molar-refractivity contribution in [2.45, 2.75) is 65.8 Å². The topological polar surface area (TPSA) is 86.5 Å². The van der Waals surface area contributed by atoms with Gasteiger partial charge in [0.15, 0.2) is 0 Å². The first-order valence-electron chi connectivity index (χ1n) is 13.2. The van der Waals surface area contributed by atoms with Crippen molar-refractivity contribution in [1.82, 2.24) is 15.5 Å². The molecule has 0 spiro atoms. The summed E-state index contributed by atoms with van der Waals surface area (Å²) < 4.78 is 31.5. The Morgan fingerprint density at radius 1 is 0.950 bits per heavy atom. The first-order chi connectivity index (χ1) is 18.9. The molecule has 7 nitrogen and oxygen atoms in total. The molecule has 3 aromatic carbocycles. The zero-order valence-corrected chi connectivity index (χ0v) is 24.1. The highest BCUT2D eigenvalue weighted by Gasteiger charge is 2.32. The van der Waals surface area contributed by atoms with E-state index in [0.717, 1.165) is 22.3 Å². The van der Waals surface area contributed by atoms with Crippen LogP contribution in [0.25, 0.3) is 34.0 Å². The molecule has 4 aromatic rings. The zero-order chi connectivity index (χ0) is 29.1. The summed E-state index contributed by atoms with van der Waals surface area (Å²) in [6.07, 6.45) is 0. The molecule has 0 atom stereocenters. The van der Waals surface area contributed by atoms with Crippen LogP contribution in [0, 0.1) is 12.7 Å². The van der Waals surface area contributed by atoms with Crippen molar-refractivity contribution in [2.75, 3.05) is 7.11 Å². The molecule has 0 saturated carbocycles. The Bertz CT molecular complexity index is 1500. The van der Waals surface area contributed by atoms with Crippen LogP contribution in [0.1, 0.15) is 51.3 Å². The Labute approximate surface area is 234 Å². The smallest absolute Gasteiger partial charge is 0.326 e. The van der Waals surface area contributed by atoms with Gasteiger partial charge in [-0.25, -0.2) is 4.39 Å². The molecule has 0 amide bonds. The van der Waals surface area contributed by atoms with Crippen molar-refractivity contribution in [2.24, 2.45) is 0 Å². The summed E-state index contributed by atoms with van der Waals surface area (Å²) >= 11 is 0. The number of methoxy groups -OCH3 is 1.